The molecule has 0 N–H and O–H groups in total. The quantitative estimate of drug-likeness (QED) is 0.748. The Morgan fingerprint density at radius 2 is 1.87 bits per heavy atom. The average Bonchev–Trinajstić information content (AvgIpc) is 2.64. The Bertz CT molecular complexity index is 459. The highest BCUT2D eigenvalue weighted by atomic mass is 35.5. The standard InChI is InChI=1S/C11H11ClN2S/c1-7-3-9(4-8(2)13-7)11-14-10(5-12)6-15-11/h3-4,6H,5H2,1-2H3. The summed E-state index contributed by atoms with van der Waals surface area (Å²) in [5, 5.41) is 3.01. The first-order chi connectivity index (χ1) is 7.19. The van der Waals surface area contributed by atoms with Gasteiger partial charge in [0.25, 0.3) is 0 Å². The number of hydrogen-bond acceptors (Lipinski definition) is 3. The summed E-state index contributed by atoms with van der Waals surface area (Å²) in [7, 11) is 0. The lowest BCUT2D eigenvalue weighted by molar-refractivity contribution is 1.12. The van der Waals surface area contributed by atoms with Crippen molar-refractivity contribution in [2.75, 3.05) is 0 Å². The minimum Gasteiger partial charge on any atom is -0.258 e. The Morgan fingerprint density at radius 3 is 2.40 bits per heavy atom. The zero-order valence-corrected chi connectivity index (χ0v) is 10.2. The van der Waals surface area contributed by atoms with Crippen LogP contribution in [0.5, 0.6) is 0 Å². The van der Waals surface area contributed by atoms with Crippen molar-refractivity contribution in [1.29, 1.82) is 0 Å². The van der Waals surface area contributed by atoms with E-state index in [2.05, 4.69) is 9.97 Å². The van der Waals surface area contributed by atoms with E-state index in [1.807, 2.05) is 31.4 Å². The van der Waals surface area contributed by atoms with Gasteiger partial charge in [-0.25, -0.2) is 4.98 Å². The minimum atomic E-state index is 0.472. The number of rotatable bonds is 2. The molecule has 0 aliphatic heterocycles. The van der Waals surface area contributed by atoms with Crippen LogP contribution in [0.2, 0.25) is 0 Å². The van der Waals surface area contributed by atoms with E-state index >= 15 is 0 Å². The van der Waals surface area contributed by atoms with E-state index in [-0.39, 0.29) is 0 Å². The van der Waals surface area contributed by atoms with Gasteiger partial charge >= 0.3 is 0 Å². The lowest BCUT2D eigenvalue weighted by atomic mass is 10.2. The SMILES string of the molecule is Cc1cc(-c2nc(CCl)cs2)cc(C)n1. The molecule has 0 bridgehead atoms. The molecule has 0 amide bonds. The molecule has 0 unspecified atom stereocenters. The van der Waals surface area contributed by atoms with Gasteiger partial charge in [0, 0.05) is 22.3 Å². The van der Waals surface area contributed by atoms with Crippen LogP contribution in [0.1, 0.15) is 17.1 Å². The Kier molecular flexibility index (Phi) is 3.03. The number of nitrogens with zero attached hydrogens (tertiary/aromatic N) is 2. The van der Waals surface area contributed by atoms with Gasteiger partial charge in [0.15, 0.2) is 0 Å². The Morgan fingerprint density at radius 1 is 1.20 bits per heavy atom. The summed E-state index contributed by atoms with van der Waals surface area (Å²) in [5.74, 6) is 0.472. The van der Waals surface area contributed by atoms with E-state index < -0.39 is 0 Å². The predicted octanol–water partition coefficient (Wildman–Crippen LogP) is 3.56. The number of pyridine rings is 1. The van der Waals surface area contributed by atoms with Gasteiger partial charge < -0.3 is 0 Å². The van der Waals surface area contributed by atoms with Gasteiger partial charge in [-0.3, -0.25) is 4.98 Å². The van der Waals surface area contributed by atoms with Gasteiger partial charge in [0.2, 0.25) is 0 Å². The fraction of sp³-hybridized carbons (Fsp3) is 0.273. The van der Waals surface area contributed by atoms with Crippen LogP contribution in [0.15, 0.2) is 17.5 Å². The summed E-state index contributed by atoms with van der Waals surface area (Å²) in [5.41, 5.74) is 4.10. The van der Waals surface area contributed by atoms with Crippen LogP contribution in [0, 0.1) is 13.8 Å². The van der Waals surface area contributed by atoms with Crippen LogP contribution in [-0.2, 0) is 5.88 Å². The predicted molar refractivity (Wildman–Crippen MR) is 64.4 cm³/mol. The molecule has 2 rings (SSSR count). The first kappa shape index (κ1) is 10.6. The average molecular weight is 239 g/mol. The highest BCUT2D eigenvalue weighted by molar-refractivity contribution is 7.13. The molecule has 15 heavy (non-hydrogen) atoms. The summed E-state index contributed by atoms with van der Waals surface area (Å²) in [4.78, 5) is 8.78. The molecule has 0 radical (unpaired) electrons. The fourth-order valence-electron chi connectivity index (χ4n) is 1.46. The molecular formula is C11H11ClN2S. The molecule has 2 aromatic rings. The number of halogens is 1. The minimum absolute atomic E-state index is 0.472. The summed E-state index contributed by atoms with van der Waals surface area (Å²) < 4.78 is 0. The second-order valence-corrected chi connectivity index (χ2v) is 4.54. The molecule has 0 aliphatic carbocycles. The van der Waals surface area contributed by atoms with E-state index in [1.54, 1.807) is 11.3 Å². The van der Waals surface area contributed by atoms with Crippen LogP contribution in [0.25, 0.3) is 10.6 Å². The van der Waals surface area contributed by atoms with Crippen LogP contribution in [0.3, 0.4) is 0 Å². The third-order valence-electron chi connectivity index (χ3n) is 2.02. The van der Waals surface area contributed by atoms with E-state index in [0.29, 0.717) is 5.88 Å². The van der Waals surface area contributed by atoms with Crippen LogP contribution in [0.4, 0.5) is 0 Å². The normalized spacial score (nSPS) is 10.6. The van der Waals surface area contributed by atoms with Gasteiger partial charge in [0.05, 0.1) is 11.6 Å². The van der Waals surface area contributed by atoms with E-state index in [1.165, 1.54) is 0 Å². The lowest BCUT2D eigenvalue weighted by Crippen LogP contribution is -1.88. The Hall–Kier alpha value is -0.930. The first-order valence-electron chi connectivity index (χ1n) is 4.65. The summed E-state index contributed by atoms with van der Waals surface area (Å²) in [6.45, 7) is 3.99. The molecule has 2 nitrogen and oxygen atoms in total. The third-order valence-corrected chi connectivity index (χ3v) is 3.23. The zero-order valence-electron chi connectivity index (χ0n) is 8.62. The van der Waals surface area contributed by atoms with Crippen molar-refractivity contribution in [3.63, 3.8) is 0 Å². The summed E-state index contributed by atoms with van der Waals surface area (Å²) in [6.07, 6.45) is 0. The Balaban J connectivity index is 2.44. The van der Waals surface area contributed by atoms with Crippen molar-refractivity contribution in [2.24, 2.45) is 0 Å². The molecule has 0 fully saturated rings. The molecule has 2 heterocycles. The molecule has 0 aliphatic rings. The largest absolute Gasteiger partial charge is 0.258 e. The van der Waals surface area contributed by atoms with Crippen molar-refractivity contribution in [1.82, 2.24) is 9.97 Å². The monoisotopic (exact) mass is 238 g/mol. The van der Waals surface area contributed by atoms with Gasteiger partial charge in [-0.05, 0) is 26.0 Å². The lowest BCUT2D eigenvalue weighted by Gasteiger charge is -2.00. The van der Waals surface area contributed by atoms with E-state index in [9.17, 15) is 0 Å². The zero-order chi connectivity index (χ0) is 10.8. The molecule has 78 valence electrons. The summed E-state index contributed by atoms with van der Waals surface area (Å²) >= 11 is 7.34. The van der Waals surface area contributed by atoms with Crippen molar-refractivity contribution >= 4 is 22.9 Å². The van der Waals surface area contributed by atoms with Gasteiger partial charge in [-0.1, -0.05) is 0 Å². The van der Waals surface area contributed by atoms with E-state index in [0.717, 1.165) is 27.7 Å². The highest BCUT2D eigenvalue weighted by Crippen LogP contribution is 2.25. The van der Waals surface area contributed by atoms with Crippen molar-refractivity contribution < 1.29 is 0 Å². The number of alkyl halides is 1. The molecule has 0 aromatic carbocycles. The number of hydrogen-bond donors (Lipinski definition) is 0. The molecule has 4 heteroatoms. The van der Waals surface area contributed by atoms with E-state index in [4.69, 9.17) is 11.6 Å². The first-order valence-corrected chi connectivity index (χ1v) is 6.06. The van der Waals surface area contributed by atoms with Crippen LogP contribution < -0.4 is 0 Å². The van der Waals surface area contributed by atoms with Crippen molar-refractivity contribution in [3.8, 4) is 10.6 Å². The molecule has 0 atom stereocenters. The van der Waals surface area contributed by atoms with Crippen LogP contribution >= 0.6 is 22.9 Å². The smallest absolute Gasteiger partial charge is 0.123 e. The molecule has 0 saturated heterocycles. The number of aromatic nitrogens is 2. The van der Waals surface area contributed by atoms with Gasteiger partial charge in [-0.15, -0.1) is 22.9 Å². The number of thiazole rings is 1. The number of aryl methyl sites for hydroxylation is 2. The maximum atomic E-state index is 5.72. The fourth-order valence-corrected chi connectivity index (χ4v) is 2.49. The Labute approximate surface area is 98.0 Å². The summed E-state index contributed by atoms with van der Waals surface area (Å²) in [6, 6.07) is 4.09. The molecular weight excluding hydrogens is 228 g/mol. The van der Waals surface area contributed by atoms with Gasteiger partial charge in [0.1, 0.15) is 5.01 Å². The van der Waals surface area contributed by atoms with Crippen molar-refractivity contribution in [2.45, 2.75) is 19.7 Å². The van der Waals surface area contributed by atoms with Crippen molar-refractivity contribution in [3.05, 3.63) is 34.6 Å². The second-order valence-electron chi connectivity index (χ2n) is 3.42. The van der Waals surface area contributed by atoms with Crippen LogP contribution in [-0.4, -0.2) is 9.97 Å². The topological polar surface area (TPSA) is 25.8 Å². The molecule has 0 spiro atoms. The highest BCUT2D eigenvalue weighted by Gasteiger charge is 2.05. The maximum Gasteiger partial charge on any atom is 0.123 e. The van der Waals surface area contributed by atoms with Gasteiger partial charge in [-0.2, -0.15) is 0 Å². The maximum absolute atomic E-state index is 5.72. The second kappa shape index (κ2) is 4.29. The molecule has 2 aromatic heterocycles. The molecule has 0 saturated carbocycles. The third kappa shape index (κ3) is 2.36.